The first-order valence-corrected chi connectivity index (χ1v) is 9.54. The number of rotatable bonds is 5. The van der Waals surface area contributed by atoms with E-state index >= 15 is 0 Å². The predicted octanol–water partition coefficient (Wildman–Crippen LogP) is 2.19. The highest BCUT2D eigenvalue weighted by molar-refractivity contribution is 5.83. The van der Waals surface area contributed by atoms with Gasteiger partial charge in [0.05, 0.1) is 5.41 Å². The fraction of sp³-hybridized carbons (Fsp3) is 0.944. The third-order valence-electron chi connectivity index (χ3n) is 6.19. The third kappa shape index (κ3) is 3.65. The van der Waals surface area contributed by atoms with Crippen LogP contribution in [0.5, 0.6) is 0 Å². The first-order chi connectivity index (χ1) is 10.8. The van der Waals surface area contributed by atoms with Crippen molar-refractivity contribution >= 4 is 5.91 Å². The fourth-order valence-electron chi connectivity index (χ4n) is 4.80. The van der Waals surface area contributed by atoms with Crippen LogP contribution in [-0.2, 0) is 4.79 Å². The molecule has 3 N–H and O–H groups in total. The third-order valence-corrected chi connectivity index (χ3v) is 6.19. The molecule has 0 aromatic rings. The molecule has 1 aliphatic heterocycles. The normalized spacial score (nSPS) is 33.2. The molecule has 1 amide bonds. The van der Waals surface area contributed by atoms with Crippen LogP contribution in [0.15, 0.2) is 0 Å². The molecule has 1 heterocycles. The van der Waals surface area contributed by atoms with Crippen LogP contribution in [0.1, 0.15) is 64.2 Å². The zero-order chi connectivity index (χ0) is 15.3. The van der Waals surface area contributed by atoms with Gasteiger partial charge in [0.1, 0.15) is 0 Å². The molecule has 2 aliphatic carbocycles. The molecule has 0 aromatic carbocycles. The van der Waals surface area contributed by atoms with Crippen LogP contribution >= 0.6 is 0 Å². The first kappa shape index (κ1) is 16.3. The van der Waals surface area contributed by atoms with E-state index in [9.17, 15) is 4.79 Å². The number of hydrogen-bond donors (Lipinski definition) is 3. The van der Waals surface area contributed by atoms with Crippen molar-refractivity contribution in [3.05, 3.63) is 0 Å². The number of hydrogen-bond acceptors (Lipinski definition) is 3. The molecular weight excluding hydrogens is 274 g/mol. The van der Waals surface area contributed by atoms with Crippen LogP contribution in [0, 0.1) is 11.3 Å². The molecule has 3 aliphatic rings. The highest BCUT2D eigenvalue weighted by Gasteiger charge is 2.49. The Hall–Kier alpha value is -0.610. The summed E-state index contributed by atoms with van der Waals surface area (Å²) < 4.78 is 0. The Balaban J connectivity index is 1.40. The maximum absolute atomic E-state index is 12.7. The van der Waals surface area contributed by atoms with E-state index in [4.69, 9.17) is 0 Å². The SMILES string of the molecule is O=C(NCCNC1CCCCCC1)[C@@]12CCCC[C@H]1CNC2. The maximum atomic E-state index is 12.7. The summed E-state index contributed by atoms with van der Waals surface area (Å²) in [4.78, 5) is 12.7. The Kier molecular flexibility index (Phi) is 5.75. The van der Waals surface area contributed by atoms with E-state index in [2.05, 4.69) is 16.0 Å². The van der Waals surface area contributed by atoms with Crippen molar-refractivity contribution in [2.45, 2.75) is 70.3 Å². The van der Waals surface area contributed by atoms with E-state index in [1.165, 1.54) is 57.8 Å². The molecule has 2 saturated carbocycles. The standard InChI is InChI=1S/C18H33N3O/c22-17(18-10-6-5-7-15(18)13-19-14-18)21-12-11-20-16-8-3-1-2-4-9-16/h15-16,19-20H,1-14H2,(H,21,22)/t15-,18+/m0/s1. The lowest BCUT2D eigenvalue weighted by Crippen LogP contribution is -2.49. The van der Waals surface area contributed by atoms with Crippen molar-refractivity contribution in [3.63, 3.8) is 0 Å². The fourth-order valence-corrected chi connectivity index (χ4v) is 4.80. The Morgan fingerprint density at radius 2 is 1.77 bits per heavy atom. The van der Waals surface area contributed by atoms with Crippen molar-refractivity contribution in [1.82, 2.24) is 16.0 Å². The largest absolute Gasteiger partial charge is 0.354 e. The topological polar surface area (TPSA) is 53.2 Å². The van der Waals surface area contributed by atoms with Gasteiger partial charge in [-0.3, -0.25) is 4.79 Å². The molecule has 0 spiro atoms. The van der Waals surface area contributed by atoms with E-state index in [0.29, 0.717) is 17.9 Å². The molecule has 2 atom stereocenters. The minimum absolute atomic E-state index is 0.0967. The molecule has 0 aromatic heterocycles. The molecule has 4 nitrogen and oxygen atoms in total. The summed E-state index contributed by atoms with van der Waals surface area (Å²) in [7, 11) is 0. The minimum Gasteiger partial charge on any atom is -0.354 e. The van der Waals surface area contributed by atoms with Crippen molar-refractivity contribution < 1.29 is 4.79 Å². The van der Waals surface area contributed by atoms with Crippen molar-refractivity contribution in [1.29, 1.82) is 0 Å². The van der Waals surface area contributed by atoms with Crippen LogP contribution < -0.4 is 16.0 Å². The Bertz CT molecular complexity index is 365. The van der Waals surface area contributed by atoms with E-state index in [1.807, 2.05) is 0 Å². The van der Waals surface area contributed by atoms with Gasteiger partial charge in [0.25, 0.3) is 0 Å². The second-order valence-electron chi connectivity index (χ2n) is 7.63. The van der Waals surface area contributed by atoms with Gasteiger partial charge in [0, 0.05) is 25.7 Å². The molecule has 3 fully saturated rings. The second kappa shape index (κ2) is 7.78. The van der Waals surface area contributed by atoms with Gasteiger partial charge < -0.3 is 16.0 Å². The molecular formula is C18H33N3O. The van der Waals surface area contributed by atoms with Crippen molar-refractivity contribution in [2.24, 2.45) is 11.3 Å². The highest BCUT2D eigenvalue weighted by atomic mass is 16.2. The van der Waals surface area contributed by atoms with E-state index in [-0.39, 0.29) is 5.41 Å². The molecule has 22 heavy (non-hydrogen) atoms. The maximum Gasteiger partial charge on any atom is 0.227 e. The van der Waals surface area contributed by atoms with Crippen molar-refractivity contribution in [2.75, 3.05) is 26.2 Å². The smallest absolute Gasteiger partial charge is 0.227 e. The van der Waals surface area contributed by atoms with E-state index in [1.54, 1.807) is 0 Å². The highest BCUT2D eigenvalue weighted by Crippen LogP contribution is 2.43. The van der Waals surface area contributed by atoms with Crippen LogP contribution in [0.3, 0.4) is 0 Å². The average molecular weight is 307 g/mol. The predicted molar refractivity (Wildman–Crippen MR) is 89.8 cm³/mol. The van der Waals surface area contributed by atoms with E-state index in [0.717, 1.165) is 32.6 Å². The van der Waals surface area contributed by atoms with Gasteiger partial charge in [-0.15, -0.1) is 0 Å². The molecule has 4 heteroatoms. The van der Waals surface area contributed by atoms with Crippen LogP contribution in [0.4, 0.5) is 0 Å². The Labute approximate surface area is 135 Å². The monoisotopic (exact) mass is 307 g/mol. The van der Waals surface area contributed by atoms with Crippen molar-refractivity contribution in [3.8, 4) is 0 Å². The summed E-state index contributed by atoms with van der Waals surface area (Å²) >= 11 is 0. The molecule has 1 saturated heterocycles. The quantitative estimate of drug-likeness (QED) is 0.539. The molecule has 0 unspecified atom stereocenters. The Morgan fingerprint density at radius 1 is 1.00 bits per heavy atom. The summed E-state index contributed by atoms with van der Waals surface area (Å²) in [6, 6.07) is 0.674. The van der Waals surface area contributed by atoms with Gasteiger partial charge in [0.15, 0.2) is 0 Å². The molecule has 126 valence electrons. The molecule has 0 radical (unpaired) electrons. The molecule has 3 rings (SSSR count). The number of amides is 1. The lowest BCUT2D eigenvalue weighted by Gasteiger charge is -2.37. The summed E-state index contributed by atoms with van der Waals surface area (Å²) in [6.07, 6.45) is 12.9. The van der Waals surface area contributed by atoms with Crippen LogP contribution in [0.25, 0.3) is 0 Å². The minimum atomic E-state index is -0.0967. The number of carbonyl (C=O) groups excluding carboxylic acids is 1. The van der Waals surface area contributed by atoms with Gasteiger partial charge in [-0.05, 0) is 38.1 Å². The average Bonchev–Trinajstić information content (AvgIpc) is 2.82. The number of nitrogens with one attached hydrogen (secondary N) is 3. The van der Waals surface area contributed by atoms with Crippen LogP contribution in [0.2, 0.25) is 0 Å². The first-order valence-electron chi connectivity index (χ1n) is 9.54. The second-order valence-corrected chi connectivity index (χ2v) is 7.63. The zero-order valence-corrected chi connectivity index (χ0v) is 14.0. The summed E-state index contributed by atoms with van der Waals surface area (Å²) in [5.41, 5.74) is -0.0967. The van der Waals surface area contributed by atoms with Gasteiger partial charge in [-0.1, -0.05) is 38.5 Å². The summed E-state index contributed by atoms with van der Waals surface area (Å²) in [6.45, 7) is 3.63. The Morgan fingerprint density at radius 3 is 2.59 bits per heavy atom. The van der Waals surface area contributed by atoms with Gasteiger partial charge in [-0.2, -0.15) is 0 Å². The lowest BCUT2D eigenvalue weighted by molar-refractivity contribution is -0.133. The van der Waals surface area contributed by atoms with E-state index < -0.39 is 0 Å². The van der Waals surface area contributed by atoms with Gasteiger partial charge >= 0.3 is 0 Å². The number of fused-ring (bicyclic) bond motifs is 1. The molecule has 0 bridgehead atoms. The lowest BCUT2D eigenvalue weighted by atomic mass is 9.67. The van der Waals surface area contributed by atoms with Gasteiger partial charge in [-0.25, -0.2) is 0 Å². The van der Waals surface area contributed by atoms with Gasteiger partial charge in [0.2, 0.25) is 5.91 Å². The summed E-state index contributed by atoms with van der Waals surface area (Å²) in [5.74, 6) is 0.876. The zero-order valence-electron chi connectivity index (χ0n) is 14.0. The summed E-state index contributed by atoms with van der Waals surface area (Å²) in [5, 5.41) is 10.3. The van der Waals surface area contributed by atoms with Crippen LogP contribution in [-0.4, -0.2) is 38.1 Å². The number of carbonyl (C=O) groups is 1.